The van der Waals surface area contributed by atoms with Gasteiger partial charge in [0.05, 0.1) is 0 Å². The summed E-state index contributed by atoms with van der Waals surface area (Å²) >= 11 is 0. The normalized spacial score (nSPS) is 17.1. The van der Waals surface area contributed by atoms with E-state index in [1.54, 1.807) is 6.92 Å². The zero-order valence-electron chi connectivity index (χ0n) is 11.7. The molecule has 1 saturated heterocycles. The molecular weight excluding hydrogens is 240 g/mol. The maximum Gasteiger partial charge on any atom is 0.219 e. The van der Waals surface area contributed by atoms with Crippen LogP contribution in [0.5, 0.6) is 0 Å². The molecule has 19 heavy (non-hydrogen) atoms. The first-order valence-electron chi connectivity index (χ1n) is 6.79. The van der Waals surface area contributed by atoms with E-state index in [4.69, 9.17) is 0 Å². The lowest BCUT2D eigenvalue weighted by atomic mass is 10.2. The second-order valence-electron chi connectivity index (χ2n) is 4.94. The number of carbonyl (C=O) groups is 1. The first-order valence-corrected chi connectivity index (χ1v) is 6.79. The van der Waals surface area contributed by atoms with Crippen molar-refractivity contribution in [2.75, 3.05) is 38.5 Å². The zero-order valence-corrected chi connectivity index (χ0v) is 11.7. The van der Waals surface area contributed by atoms with Crippen LogP contribution in [0.1, 0.15) is 18.9 Å². The summed E-state index contributed by atoms with van der Waals surface area (Å²) in [4.78, 5) is 20.0. The Morgan fingerprint density at radius 1 is 1.32 bits per heavy atom. The monoisotopic (exact) mass is 262 g/mol. The molecule has 0 spiro atoms. The van der Waals surface area contributed by atoms with E-state index in [9.17, 15) is 4.79 Å². The number of aromatic nitrogens is 1. The van der Waals surface area contributed by atoms with Gasteiger partial charge < -0.3 is 10.2 Å². The van der Waals surface area contributed by atoms with Crippen LogP contribution in [0.2, 0.25) is 0 Å². The largest absolute Gasteiger partial charge is 0.373 e. The third kappa shape index (κ3) is 3.92. The summed E-state index contributed by atoms with van der Waals surface area (Å²) in [6.45, 7) is 6.24. The minimum absolute atomic E-state index is 0.182. The second-order valence-corrected chi connectivity index (χ2v) is 4.94. The van der Waals surface area contributed by atoms with E-state index in [2.05, 4.69) is 21.3 Å². The fourth-order valence-corrected chi connectivity index (χ4v) is 2.37. The highest BCUT2D eigenvalue weighted by Crippen LogP contribution is 2.10. The standard InChI is InChI=1S/C14H22N4O/c1-12(19)18-7-3-6-17(8-9-18)11-13-4-5-14(15-2)16-10-13/h4-5,10H,3,6-9,11H2,1-2H3,(H,15,16). The molecule has 0 atom stereocenters. The Kier molecular flexibility index (Phi) is 4.74. The summed E-state index contributed by atoms with van der Waals surface area (Å²) in [5, 5.41) is 3.02. The summed E-state index contributed by atoms with van der Waals surface area (Å²) < 4.78 is 0. The quantitative estimate of drug-likeness (QED) is 0.888. The van der Waals surface area contributed by atoms with Crippen molar-refractivity contribution in [3.05, 3.63) is 23.9 Å². The van der Waals surface area contributed by atoms with E-state index < -0.39 is 0 Å². The molecule has 1 aliphatic rings. The van der Waals surface area contributed by atoms with E-state index >= 15 is 0 Å². The van der Waals surface area contributed by atoms with E-state index in [1.165, 1.54) is 5.56 Å². The predicted molar refractivity (Wildman–Crippen MR) is 75.9 cm³/mol. The van der Waals surface area contributed by atoms with Gasteiger partial charge in [0.2, 0.25) is 5.91 Å². The lowest BCUT2D eigenvalue weighted by Crippen LogP contribution is -2.33. The molecule has 5 nitrogen and oxygen atoms in total. The SMILES string of the molecule is CNc1ccc(CN2CCCN(C(C)=O)CC2)cn1. The van der Waals surface area contributed by atoms with Crippen LogP contribution in [0.4, 0.5) is 5.82 Å². The molecule has 1 aromatic heterocycles. The molecule has 0 radical (unpaired) electrons. The van der Waals surface area contributed by atoms with Crippen LogP contribution in [0, 0.1) is 0 Å². The summed E-state index contributed by atoms with van der Waals surface area (Å²) in [6.07, 6.45) is 2.96. The van der Waals surface area contributed by atoms with Gasteiger partial charge in [-0.05, 0) is 18.1 Å². The summed E-state index contributed by atoms with van der Waals surface area (Å²) in [6, 6.07) is 4.10. The van der Waals surface area contributed by atoms with Crippen LogP contribution in [0.25, 0.3) is 0 Å². The highest BCUT2D eigenvalue weighted by Gasteiger charge is 2.16. The number of nitrogens with one attached hydrogen (secondary N) is 1. The number of rotatable bonds is 3. The van der Waals surface area contributed by atoms with Gasteiger partial charge in [-0.3, -0.25) is 9.69 Å². The highest BCUT2D eigenvalue weighted by atomic mass is 16.2. The van der Waals surface area contributed by atoms with Gasteiger partial charge in [-0.2, -0.15) is 0 Å². The van der Waals surface area contributed by atoms with Gasteiger partial charge in [-0.25, -0.2) is 4.98 Å². The molecule has 0 aliphatic carbocycles. The Balaban J connectivity index is 1.90. The minimum Gasteiger partial charge on any atom is -0.373 e. The Morgan fingerprint density at radius 3 is 2.79 bits per heavy atom. The van der Waals surface area contributed by atoms with Crippen LogP contribution < -0.4 is 5.32 Å². The molecule has 1 aromatic rings. The van der Waals surface area contributed by atoms with Crippen molar-refractivity contribution in [3.63, 3.8) is 0 Å². The van der Waals surface area contributed by atoms with Crippen molar-refractivity contribution < 1.29 is 4.79 Å². The van der Waals surface area contributed by atoms with Gasteiger partial charge in [0.1, 0.15) is 5.82 Å². The van der Waals surface area contributed by atoms with Crippen molar-refractivity contribution in [2.45, 2.75) is 19.9 Å². The van der Waals surface area contributed by atoms with Crippen molar-refractivity contribution >= 4 is 11.7 Å². The summed E-state index contributed by atoms with van der Waals surface area (Å²) in [7, 11) is 1.87. The molecular formula is C14H22N4O. The highest BCUT2D eigenvalue weighted by molar-refractivity contribution is 5.73. The number of carbonyl (C=O) groups excluding carboxylic acids is 1. The Labute approximate surface area is 114 Å². The Hall–Kier alpha value is -1.62. The molecule has 2 heterocycles. The van der Waals surface area contributed by atoms with Crippen LogP contribution in [0.3, 0.4) is 0 Å². The third-order valence-electron chi connectivity index (χ3n) is 3.52. The first-order chi connectivity index (χ1) is 9.19. The zero-order chi connectivity index (χ0) is 13.7. The summed E-state index contributed by atoms with van der Waals surface area (Å²) in [5.41, 5.74) is 1.22. The number of hydrogen-bond acceptors (Lipinski definition) is 4. The van der Waals surface area contributed by atoms with Gasteiger partial charge >= 0.3 is 0 Å². The van der Waals surface area contributed by atoms with E-state index in [0.29, 0.717) is 0 Å². The molecule has 1 fully saturated rings. The van der Waals surface area contributed by atoms with Crippen LogP contribution in [0.15, 0.2) is 18.3 Å². The average molecular weight is 262 g/mol. The van der Waals surface area contributed by atoms with Crippen molar-refractivity contribution in [1.29, 1.82) is 0 Å². The maximum atomic E-state index is 11.4. The van der Waals surface area contributed by atoms with E-state index in [-0.39, 0.29) is 5.91 Å². The average Bonchev–Trinajstić information content (AvgIpc) is 2.65. The summed E-state index contributed by atoms with van der Waals surface area (Å²) in [5.74, 6) is 1.07. The Morgan fingerprint density at radius 2 is 2.16 bits per heavy atom. The lowest BCUT2D eigenvalue weighted by Gasteiger charge is -2.21. The van der Waals surface area contributed by atoms with E-state index in [0.717, 1.165) is 45.0 Å². The molecule has 0 saturated carbocycles. The number of anilines is 1. The minimum atomic E-state index is 0.182. The van der Waals surface area contributed by atoms with Crippen LogP contribution >= 0.6 is 0 Å². The van der Waals surface area contributed by atoms with Crippen molar-refractivity contribution in [3.8, 4) is 0 Å². The smallest absolute Gasteiger partial charge is 0.219 e. The van der Waals surface area contributed by atoms with Gasteiger partial charge in [0.25, 0.3) is 0 Å². The fourth-order valence-electron chi connectivity index (χ4n) is 2.37. The second kappa shape index (κ2) is 6.52. The van der Waals surface area contributed by atoms with E-state index in [1.807, 2.05) is 24.2 Å². The van der Waals surface area contributed by atoms with Gasteiger partial charge in [0, 0.05) is 52.9 Å². The molecule has 0 aromatic carbocycles. The van der Waals surface area contributed by atoms with Gasteiger partial charge in [-0.15, -0.1) is 0 Å². The van der Waals surface area contributed by atoms with Gasteiger partial charge in [-0.1, -0.05) is 6.07 Å². The first kappa shape index (κ1) is 13.8. The van der Waals surface area contributed by atoms with Crippen molar-refractivity contribution in [1.82, 2.24) is 14.8 Å². The van der Waals surface area contributed by atoms with Crippen LogP contribution in [-0.4, -0.2) is 53.9 Å². The number of pyridine rings is 1. The molecule has 1 amide bonds. The molecule has 2 rings (SSSR count). The Bertz CT molecular complexity index is 418. The fraction of sp³-hybridized carbons (Fsp3) is 0.571. The van der Waals surface area contributed by atoms with Crippen molar-refractivity contribution in [2.24, 2.45) is 0 Å². The van der Waals surface area contributed by atoms with Gasteiger partial charge in [0.15, 0.2) is 0 Å². The molecule has 1 N–H and O–H groups in total. The molecule has 1 aliphatic heterocycles. The lowest BCUT2D eigenvalue weighted by molar-refractivity contribution is -0.128. The molecule has 5 heteroatoms. The molecule has 0 bridgehead atoms. The number of nitrogens with zero attached hydrogens (tertiary/aromatic N) is 3. The number of hydrogen-bond donors (Lipinski definition) is 1. The molecule has 104 valence electrons. The predicted octanol–water partition coefficient (Wildman–Crippen LogP) is 1.18. The molecule has 0 unspecified atom stereocenters. The maximum absolute atomic E-state index is 11.4. The number of amides is 1. The van der Waals surface area contributed by atoms with Crippen LogP contribution in [-0.2, 0) is 11.3 Å². The third-order valence-corrected chi connectivity index (χ3v) is 3.52. The topological polar surface area (TPSA) is 48.5 Å².